The Labute approximate surface area is 126 Å². The van der Waals surface area contributed by atoms with E-state index in [-0.39, 0.29) is 0 Å². The molecule has 0 unspecified atom stereocenters. The van der Waals surface area contributed by atoms with E-state index in [0.717, 1.165) is 13.1 Å². The quantitative estimate of drug-likeness (QED) is 0.907. The summed E-state index contributed by atoms with van der Waals surface area (Å²) in [5.74, 6) is 0.558. The highest BCUT2D eigenvalue weighted by Gasteiger charge is 2.35. The van der Waals surface area contributed by atoms with Gasteiger partial charge in [0.2, 0.25) is 0 Å². The van der Waals surface area contributed by atoms with Crippen LogP contribution in [0, 0.1) is 0 Å². The van der Waals surface area contributed by atoms with Crippen molar-refractivity contribution in [2.24, 2.45) is 0 Å². The Kier molecular flexibility index (Phi) is 3.50. The molecule has 1 aliphatic carbocycles. The molecule has 2 aromatic carbocycles. The molecule has 2 aliphatic rings. The first-order valence-electron chi connectivity index (χ1n) is 8.02. The summed E-state index contributed by atoms with van der Waals surface area (Å²) in [4.78, 5) is 2.66. The molecule has 1 aliphatic heterocycles. The van der Waals surface area contributed by atoms with E-state index < -0.39 is 0 Å². The zero-order valence-corrected chi connectivity index (χ0v) is 12.3. The van der Waals surface area contributed by atoms with Crippen LogP contribution >= 0.6 is 0 Å². The number of fused-ring (bicyclic) bond motifs is 1. The Bertz CT molecular complexity index is 602. The monoisotopic (exact) mass is 278 g/mol. The van der Waals surface area contributed by atoms with Crippen LogP contribution in [0.5, 0.6) is 0 Å². The van der Waals surface area contributed by atoms with Gasteiger partial charge in [-0.3, -0.25) is 4.90 Å². The number of piperazine rings is 1. The third-order valence-electron chi connectivity index (χ3n) is 4.98. The van der Waals surface area contributed by atoms with Gasteiger partial charge in [-0.25, -0.2) is 0 Å². The summed E-state index contributed by atoms with van der Waals surface area (Å²) < 4.78 is 0. The Balaban J connectivity index is 1.69. The van der Waals surface area contributed by atoms with E-state index in [1.54, 1.807) is 5.56 Å². The van der Waals surface area contributed by atoms with Gasteiger partial charge >= 0.3 is 0 Å². The van der Waals surface area contributed by atoms with Crippen LogP contribution in [0.3, 0.4) is 0 Å². The molecule has 0 spiro atoms. The highest BCUT2D eigenvalue weighted by molar-refractivity contribution is 5.44. The Morgan fingerprint density at radius 3 is 2.24 bits per heavy atom. The van der Waals surface area contributed by atoms with Gasteiger partial charge in [-0.15, -0.1) is 0 Å². The molecule has 2 aromatic rings. The molecular weight excluding hydrogens is 256 g/mol. The molecule has 2 atom stereocenters. The number of nitrogens with one attached hydrogen (secondary N) is 1. The van der Waals surface area contributed by atoms with Gasteiger partial charge in [0.1, 0.15) is 0 Å². The molecule has 2 heteroatoms. The highest BCUT2D eigenvalue weighted by Crippen LogP contribution is 2.46. The second-order valence-corrected chi connectivity index (χ2v) is 6.13. The first-order valence-corrected chi connectivity index (χ1v) is 8.02. The lowest BCUT2D eigenvalue weighted by Gasteiger charge is -2.33. The third-order valence-corrected chi connectivity index (χ3v) is 4.98. The SMILES string of the molecule is c1ccc([C@@H]2C[C@@H](N3CCNCC3)c3ccccc32)cc1. The molecule has 0 aromatic heterocycles. The molecule has 0 radical (unpaired) electrons. The van der Waals surface area contributed by atoms with Crippen LogP contribution in [-0.2, 0) is 0 Å². The fourth-order valence-corrected chi connectivity index (χ4v) is 3.95. The van der Waals surface area contributed by atoms with Crippen LogP contribution < -0.4 is 5.32 Å². The van der Waals surface area contributed by atoms with Crippen LogP contribution in [0.15, 0.2) is 54.6 Å². The fourth-order valence-electron chi connectivity index (χ4n) is 3.95. The standard InChI is InChI=1S/C19H22N2/c1-2-6-15(7-3-1)18-14-19(21-12-10-20-11-13-21)17-9-5-4-8-16(17)18/h1-9,18-20H,10-14H2/t18-,19+/m0/s1. The van der Waals surface area contributed by atoms with E-state index in [9.17, 15) is 0 Å². The van der Waals surface area contributed by atoms with E-state index in [4.69, 9.17) is 0 Å². The van der Waals surface area contributed by atoms with E-state index in [1.165, 1.54) is 30.6 Å². The van der Waals surface area contributed by atoms with Crippen LogP contribution in [0.25, 0.3) is 0 Å². The molecule has 0 bridgehead atoms. The van der Waals surface area contributed by atoms with Crippen molar-refractivity contribution >= 4 is 0 Å². The van der Waals surface area contributed by atoms with E-state index >= 15 is 0 Å². The van der Waals surface area contributed by atoms with E-state index in [0.29, 0.717) is 12.0 Å². The summed E-state index contributed by atoms with van der Waals surface area (Å²) in [7, 11) is 0. The Morgan fingerprint density at radius 1 is 0.810 bits per heavy atom. The van der Waals surface area contributed by atoms with Crippen molar-refractivity contribution in [3.05, 3.63) is 71.3 Å². The molecule has 0 saturated carbocycles. The second-order valence-electron chi connectivity index (χ2n) is 6.13. The maximum Gasteiger partial charge on any atom is 0.0361 e. The number of hydrogen-bond donors (Lipinski definition) is 1. The van der Waals surface area contributed by atoms with Gasteiger partial charge in [-0.1, -0.05) is 54.6 Å². The van der Waals surface area contributed by atoms with Crippen molar-refractivity contribution in [1.29, 1.82) is 0 Å². The minimum atomic E-state index is 0.558. The summed E-state index contributed by atoms with van der Waals surface area (Å²) >= 11 is 0. The Morgan fingerprint density at radius 2 is 1.48 bits per heavy atom. The number of rotatable bonds is 2. The van der Waals surface area contributed by atoms with Crippen molar-refractivity contribution in [2.75, 3.05) is 26.2 Å². The highest BCUT2D eigenvalue weighted by atomic mass is 15.2. The summed E-state index contributed by atoms with van der Waals surface area (Å²) in [6.07, 6.45) is 1.23. The van der Waals surface area contributed by atoms with Gasteiger partial charge in [0.25, 0.3) is 0 Å². The minimum Gasteiger partial charge on any atom is -0.314 e. The van der Waals surface area contributed by atoms with Crippen molar-refractivity contribution < 1.29 is 0 Å². The smallest absolute Gasteiger partial charge is 0.0361 e. The van der Waals surface area contributed by atoms with Crippen LogP contribution in [-0.4, -0.2) is 31.1 Å². The second kappa shape index (κ2) is 5.63. The van der Waals surface area contributed by atoms with Crippen LogP contribution in [0.2, 0.25) is 0 Å². The summed E-state index contributed by atoms with van der Waals surface area (Å²) in [5, 5.41) is 3.46. The largest absolute Gasteiger partial charge is 0.314 e. The van der Waals surface area contributed by atoms with Gasteiger partial charge in [0.05, 0.1) is 0 Å². The molecule has 1 N–H and O–H groups in total. The van der Waals surface area contributed by atoms with Gasteiger partial charge in [-0.2, -0.15) is 0 Å². The maximum absolute atomic E-state index is 3.46. The molecule has 108 valence electrons. The molecule has 4 rings (SSSR count). The van der Waals surface area contributed by atoms with Gasteiger partial charge in [0, 0.05) is 38.1 Å². The molecule has 1 heterocycles. The molecule has 0 amide bonds. The van der Waals surface area contributed by atoms with Gasteiger partial charge in [0.15, 0.2) is 0 Å². The van der Waals surface area contributed by atoms with E-state index in [2.05, 4.69) is 64.8 Å². The maximum atomic E-state index is 3.46. The summed E-state index contributed by atoms with van der Waals surface area (Å²) in [6.45, 7) is 4.57. The Hall–Kier alpha value is -1.64. The first kappa shape index (κ1) is 13.1. The van der Waals surface area contributed by atoms with Crippen molar-refractivity contribution in [3.8, 4) is 0 Å². The minimum absolute atomic E-state index is 0.558. The van der Waals surface area contributed by atoms with Gasteiger partial charge < -0.3 is 5.32 Å². The molecule has 21 heavy (non-hydrogen) atoms. The lowest BCUT2D eigenvalue weighted by atomic mass is 9.93. The summed E-state index contributed by atoms with van der Waals surface area (Å²) in [6, 6.07) is 20.6. The average molecular weight is 278 g/mol. The predicted octanol–water partition coefficient (Wildman–Crippen LogP) is 3.17. The average Bonchev–Trinajstić information content (AvgIpc) is 2.96. The normalized spacial score (nSPS) is 25.7. The fraction of sp³-hybridized carbons (Fsp3) is 0.368. The molecule has 1 saturated heterocycles. The van der Waals surface area contributed by atoms with Crippen molar-refractivity contribution in [1.82, 2.24) is 10.2 Å². The number of benzene rings is 2. The van der Waals surface area contributed by atoms with Crippen molar-refractivity contribution in [3.63, 3.8) is 0 Å². The van der Waals surface area contributed by atoms with E-state index in [1.807, 2.05) is 0 Å². The topological polar surface area (TPSA) is 15.3 Å². The molecule has 2 nitrogen and oxygen atoms in total. The number of nitrogens with zero attached hydrogens (tertiary/aromatic N) is 1. The van der Waals surface area contributed by atoms with Crippen LogP contribution in [0.4, 0.5) is 0 Å². The molecular formula is C19H22N2. The third kappa shape index (κ3) is 2.39. The number of hydrogen-bond acceptors (Lipinski definition) is 2. The zero-order chi connectivity index (χ0) is 14.1. The lowest BCUT2D eigenvalue weighted by molar-refractivity contribution is 0.171. The summed E-state index contributed by atoms with van der Waals surface area (Å²) in [5.41, 5.74) is 4.54. The first-order chi connectivity index (χ1) is 10.4. The zero-order valence-electron chi connectivity index (χ0n) is 12.3. The van der Waals surface area contributed by atoms with Crippen LogP contribution in [0.1, 0.15) is 35.1 Å². The van der Waals surface area contributed by atoms with Crippen molar-refractivity contribution in [2.45, 2.75) is 18.4 Å². The predicted molar refractivity (Wildman–Crippen MR) is 86.5 cm³/mol. The lowest BCUT2D eigenvalue weighted by Crippen LogP contribution is -2.44. The molecule has 1 fully saturated rings. The van der Waals surface area contributed by atoms with Gasteiger partial charge in [-0.05, 0) is 23.1 Å².